The van der Waals surface area contributed by atoms with Crippen molar-refractivity contribution in [2.24, 2.45) is 0 Å². The van der Waals surface area contributed by atoms with Crippen molar-refractivity contribution in [3.63, 3.8) is 0 Å². The maximum Gasteiger partial charge on any atom is 0.307 e. The molecule has 7 nitrogen and oxygen atoms in total. The summed E-state index contributed by atoms with van der Waals surface area (Å²) in [4.78, 5) is 23.1. The van der Waals surface area contributed by atoms with Crippen LogP contribution in [0.4, 0.5) is 4.39 Å². The molecule has 2 rings (SSSR count). The average Bonchev–Trinajstić information content (AvgIpc) is 2.65. The van der Waals surface area contributed by atoms with Gasteiger partial charge in [0, 0.05) is 13.1 Å². The molecule has 1 amide bonds. The third-order valence-corrected chi connectivity index (χ3v) is 5.99. The average molecular weight is 463 g/mol. The van der Waals surface area contributed by atoms with Crippen LogP contribution in [0.5, 0.6) is 0 Å². The molecule has 0 aliphatic carbocycles. The molecule has 0 atom stereocenters. The molecule has 0 spiro atoms. The number of sulfonamides is 1. The Morgan fingerprint density at radius 2 is 1.66 bits per heavy atom. The second kappa shape index (κ2) is 10.5. The monoisotopic (exact) mass is 462 g/mol. The zero-order valence-corrected chi connectivity index (χ0v) is 17.3. The number of carbonyl (C=O) groups excluding carboxylic acids is 2. The molecule has 2 N–H and O–H groups in total. The predicted octanol–water partition coefficient (Wildman–Crippen LogP) is 2.66. The number of esters is 1. The summed E-state index contributed by atoms with van der Waals surface area (Å²) in [6.45, 7) is -0.641. The Balaban J connectivity index is 1.72. The maximum absolute atomic E-state index is 12.8. The zero-order valence-electron chi connectivity index (χ0n) is 15.0. The lowest BCUT2D eigenvalue weighted by Gasteiger charge is -2.10. The molecule has 156 valence electrons. The normalized spacial score (nSPS) is 11.1. The first-order chi connectivity index (χ1) is 13.7. The molecule has 0 heterocycles. The molecule has 0 fully saturated rings. The van der Waals surface area contributed by atoms with Gasteiger partial charge in [0.2, 0.25) is 10.0 Å². The van der Waals surface area contributed by atoms with Crippen molar-refractivity contribution in [3.05, 3.63) is 63.9 Å². The van der Waals surface area contributed by atoms with Gasteiger partial charge in [0.05, 0.1) is 16.5 Å². The smallest absolute Gasteiger partial charge is 0.307 e. The number of amides is 1. The van der Waals surface area contributed by atoms with Crippen LogP contribution in [-0.2, 0) is 30.9 Å². The van der Waals surface area contributed by atoms with Gasteiger partial charge in [-0.25, -0.2) is 17.5 Å². The number of carbonyl (C=O) groups is 2. The Morgan fingerprint density at radius 1 is 1.03 bits per heavy atom. The van der Waals surface area contributed by atoms with E-state index in [1.807, 2.05) is 0 Å². The van der Waals surface area contributed by atoms with E-state index in [-0.39, 0.29) is 40.3 Å². The van der Waals surface area contributed by atoms with E-state index >= 15 is 0 Å². The van der Waals surface area contributed by atoms with Crippen LogP contribution in [0.1, 0.15) is 12.0 Å². The molecular formula is C18H17Cl2FN2O5S. The highest BCUT2D eigenvalue weighted by atomic mass is 35.5. The topological polar surface area (TPSA) is 102 Å². The molecular weight excluding hydrogens is 446 g/mol. The number of hydrogen-bond acceptors (Lipinski definition) is 5. The fraction of sp³-hybridized carbons (Fsp3) is 0.222. The van der Waals surface area contributed by atoms with Gasteiger partial charge < -0.3 is 10.1 Å². The van der Waals surface area contributed by atoms with E-state index in [0.717, 1.165) is 0 Å². The van der Waals surface area contributed by atoms with Crippen LogP contribution in [0.3, 0.4) is 0 Å². The van der Waals surface area contributed by atoms with Gasteiger partial charge in [0.15, 0.2) is 6.61 Å². The quantitative estimate of drug-likeness (QED) is 0.557. The van der Waals surface area contributed by atoms with Gasteiger partial charge in [-0.2, -0.15) is 0 Å². The maximum atomic E-state index is 12.8. The number of halogens is 3. The molecule has 0 unspecified atom stereocenters. The van der Waals surface area contributed by atoms with E-state index in [1.54, 1.807) is 0 Å². The van der Waals surface area contributed by atoms with Crippen molar-refractivity contribution in [3.8, 4) is 0 Å². The van der Waals surface area contributed by atoms with Crippen LogP contribution in [0.25, 0.3) is 0 Å². The van der Waals surface area contributed by atoms with Crippen LogP contribution >= 0.6 is 23.2 Å². The summed E-state index contributed by atoms with van der Waals surface area (Å²) in [5, 5.41) is 2.41. The van der Waals surface area contributed by atoms with Crippen molar-refractivity contribution in [1.29, 1.82) is 0 Å². The van der Waals surface area contributed by atoms with E-state index in [9.17, 15) is 22.4 Å². The molecule has 0 saturated heterocycles. The molecule has 29 heavy (non-hydrogen) atoms. The molecule has 2 aromatic carbocycles. The molecule has 0 radical (unpaired) electrons. The SMILES string of the molecule is O=C(COC(=O)CCNS(=O)(=O)c1c(Cl)cccc1Cl)NCc1ccc(F)cc1. The summed E-state index contributed by atoms with van der Waals surface area (Å²) in [5.41, 5.74) is 0.679. The fourth-order valence-electron chi connectivity index (χ4n) is 2.17. The van der Waals surface area contributed by atoms with E-state index in [0.29, 0.717) is 5.56 Å². The summed E-state index contributed by atoms with van der Waals surface area (Å²) in [5.74, 6) is -1.71. The lowest BCUT2D eigenvalue weighted by molar-refractivity contribution is -0.148. The van der Waals surface area contributed by atoms with Gasteiger partial charge in [-0.1, -0.05) is 41.4 Å². The first-order valence-electron chi connectivity index (χ1n) is 8.29. The number of benzene rings is 2. The highest BCUT2D eigenvalue weighted by Gasteiger charge is 2.21. The van der Waals surface area contributed by atoms with E-state index in [4.69, 9.17) is 27.9 Å². The minimum absolute atomic E-state index is 0.0506. The van der Waals surface area contributed by atoms with Gasteiger partial charge in [0.25, 0.3) is 5.91 Å². The largest absolute Gasteiger partial charge is 0.456 e. The third kappa shape index (κ3) is 7.28. The summed E-state index contributed by atoms with van der Waals surface area (Å²) in [7, 11) is -4.02. The summed E-state index contributed by atoms with van der Waals surface area (Å²) in [6, 6.07) is 9.80. The van der Waals surface area contributed by atoms with Crippen LogP contribution in [0, 0.1) is 5.82 Å². The molecule has 0 bridgehead atoms. The van der Waals surface area contributed by atoms with Crippen molar-refractivity contribution < 1.29 is 27.1 Å². The van der Waals surface area contributed by atoms with Gasteiger partial charge >= 0.3 is 5.97 Å². The predicted molar refractivity (Wildman–Crippen MR) is 105 cm³/mol. The molecule has 0 aliphatic rings. The Kier molecular flexibility index (Phi) is 8.39. The van der Waals surface area contributed by atoms with Crippen molar-refractivity contribution in [2.45, 2.75) is 17.9 Å². The molecule has 2 aromatic rings. The first kappa shape index (κ1) is 23.1. The summed E-state index contributed by atoms with van der Waals surface area (Å²) < 4.78 is 44.3. The summed E-state index contributed by atoms with van der Waals surface area (Å²) in [6.07, 6.45) is -0.299. The van der Waals surface area contributed by atoms with Crippen LogP contribution in [-0.4, -0.2) is 33.4 Å². The van der Waals surface area contributed by atoms with Gasteiger partial charge in [-0.05, 0) is 29.8 Å². The molecule has 11 heteroatoms. The standard InChI is InChI=1S/C18H17Cl2FN2O5S/c19-14-2-1-3-15(20)18(14)29(26,27)23-9-8-17(25)28-11-16(24)22-10-12-4-6-13(21)7-5-12/h1-7,23H,8-11H2,(H,22,24). The number of hydrogen-bond donors (Lipinski definition) is 2. The Morgan fingerprint density at radius 3 is 2.28 bits per heavy atom. The minimum Gasteiger partial charge on any atom is -0.456 e. The van der Waals surface area contributed by atoms with Crippen LogP contribution < -0.4 is 10.0 Å². The first-order valence-corrected chi connectivity index (χ1v) is 10.5. The van der Waals surface area contributed by atoms with Crippen LogP contribution in [0.15, 0.2) is 47.4 Å². The minimum atomic E-state index is -4.02. The zero-order chi connectivity index (χ0) is 21.4. The van der Waals surface area contributed by atoms with Crippen LogP contribution in [0.2, 0.25) is 10.0 Å². The third-order valence-electron chi connectivity index (χ3n) is 3.58. The van der Waals surface area contributed by atoms with Crippen molar-refractivity contribution >= 4 is 45.1 Å². The van der Waals surface area contributed by atoms with Crippen molar-refractivity contribution in [2.75, 3.05) is 13.2 Å². The van der Waals surface area contributed by atoms with E-state index < -0.39 is 28.5 Å². The molecule has 0 aliphatic heterocycles. The van der Waals surface area contributed by atoms with Gasteiger partial charge in [-0.15, -0.1) is 0 Å². The van der Waals surface area contributed by atoms with Gasteiger partial charge in [-0.3, -0.25) is 9.59 Å². The van der Waals surface area contributed by atoms with E-state index in [2.05, 4.69) is 10.0 Å². The lowest BCUT2D eigenvalue weighted by Crippen LogP contribution is -2.30. The molecule has 0 saturated carbocycles. The Labute approximate surface area is 177 Å². The number of ether oxygens (including phenoxy) is 1. The number of rotatable bonds is 9. The number of nitrogens with one attached hydrogen (secondary N) is 2. The lowest BCUT2D eigenvalue weighted by atomic mass is 10.2. The second-order valence-corrected chi connectivity index (χ2v) is 8.28. The fourth-order valence-corrected chi connectivity index (χ4v) is 4.34. The highest BCUT2D eigenvalue weighted by Crippen LogP contribution is 2.28. The van der Waals surface area contributed by atoms with Gasteiger partial charge in [0.1, 0.15) is 10.7 Å². The highest BCUT2D eigenvalue weighted by molar-refractivity contribution is 7.89. The second-order valence-electron chi connectivity index (χ2n) is 5.76. The van der Waals surface area contributed by atoms with Crippen molar-refractivity contribution in [1.82, 2.24) is 10.0 Å². The van der Waals surface area contributed by atoms with E-state index in [1.165, 1.54) is 42.5 Å². The summed E-state index contributed by atoms with van der Waals surface area (Å²) >= 11 is 11.7. The Hall–Kier alpha value is -2.20. The Bertz CT molecular complexity index is 964. The molecule has 0 aromatic heterocycles.